The second kappa shape index (κ2) is 3.10. The first-order valence-corrected chi connectivity index (χ1v) is 2.68. The van der Waals surface area contributed by atoms with Gasteiger partial charge in [-0.05, 0) is 6.08 Å². The van der Waals surface area contributed by atoms with Crippen molar-refractivity contribution in [3.8, 4) is 0 Å². The van der Waals surface area contributed by atoms with E-state index >= 15 is 0 Å². The summed E-state index contributed by atoms with van der Waals surface area (Å²) in [6.07, 6.45) is 3.15. The van der Waals surface area contributed by atoms with Crippen molar-refractivity contribution in [3.63, 3.8) is 0 Å². The third-order valence-electron chi connectivity index (χ3n) is 0.865. The van der Waals surface area contributed by atoms with E-state index in [-0.39, 0.29) is 5.41 Å². The van der Waals surface area contributed by atoms with Crippen LogP contribution in [0.4, 0.5) is 0 Å². The maximum Gasteiger partial charge on any atom is 0.0536 e. The van der Waals surface area contributed by atoms with Crippen molar-refractivity contribution in [1.29, 1.82) is 0 Å². The summed E-state index contributed by atoms with van der Waals surface area (Å²) < 4.78 is 0. The van der Waals surface area contributed by atoms with Gasteiger partial charge in [-0.15, -0.1) is 10.9 Å². The molecule has 0 aromatic carbocycles. The van der Waals surface area contributed by atoms with Crippen molar-refractivity contribution < 1.29 is 5.21 Å². The van der Waals surface area contributed by atoms with Gasteiger partial charge in [0.2, 0.25) is 0 Å². The lowest BCUT2D eigenvalue weighted by Gasteiger charge is -2.08. The van der Waals surface area contributed by atoms with E-state index in [0.29, 0.717) is 0 Å². The Labute approximate surface area is 55.2 Å². The molecule has 0 aliphatic carbocycles. The van der Waals surface area contributed by atoms with Crippen LogP contribution in [0.1, 0.15) is 13.8 Å². The molecule has 0 saturated carbocycles. The summed E-state index contributed by atoms with van der Waals surface area (Å²) in [7, 11) is 0. The van der Waals surface area contributed by atoms with Crippen LogP contribution in [0.5, 0.6) is 0 Å². The van der Waals surface area contributed by atoms with E-state index in [0.717, 1.165) is 0 Å². The zero-order valence-corrected chi connectivity index (χ0v) is 5.76. The molecule has 0 spiro atoms. The Morgan fingerprint density at radius 3 is 2.56 bits per heavy atom. The Bertz CT molecular complexity index is 152. The molecule has 9 heavy (non-hydrogen) atoms. The van der Waals surface area contributed by atoms with Crippen LogP contribution in [0.25, 0.3) is 0 Å². The Morgan fingerprint density at radius 1 is 1.67 bits per heavy atom. The molecule has 0 atom stereocenters. The van der Waals surface area contributed by atoms with Gasteiger partial charge in [0.1, 0.15) is 0 Å². The Kier molecular flexibility index (Phi) is 2.75. The number of hydrogen-bond acceptors (Lipinski definition) is 2. The lowest BCUT2D eigenvalue weighted by Crippen LogP contribution is -2.07. The van der Waals surface area contributed by atoms with Crippen LogP contribution in [-0.2, 0) is 0 Å². The maximum absolute atomic E-state index is 8.13. The van der Waals surface area contributed by atoms with E-state index < -0.39 is 0 Å². The molecule has 0 rings (SSSR count). The summed E-state index contributed by atoms with van der Waals surface area (Å²) in [5, 5.41) is 11.0. The topological polar surface area (TPSA) is 32.6 Å². The van der Waals surface area contributed by atoms with Crippen molar-refractivity contribution in [1.82, 2.24) is 0 Å². The molecule has 2 heteroatoms. The minimum atomic E-state index is -0.240. The number of oxime groups is 1. The van der Waals surface area contributed by atoms with Gasteiger partial charge in [-0.2, -0.15) is 0 Å². The first kappa shape index (κ1) is 7.99. The van der Waals surface area contributed by atoms with E-state index in [1.807, 2.05) is 13.8 Å². The Balaban J connectivity index is 4.18. The van der Waals surface area contributed by atoms with Gasteiger partial charge in [0.15, 0.2) is 0 Å². The predicted molar refractivity (Wildman–Crippen MR) is 37.8 cm³/mol. The molecular formula is C7H11NO. The molecule has 2 nitrogen and oxygen atoms in total. The first-order valence-electron chi connectivity index (χ1n) is 2.68. The van der Waals surface area contributed by atoms with Crippen LogP contribution < -0.4 is 0 Å². The van der Waals surface area contributed by atoms with Gasteiger partial charge in [0, 0.05) is 5.41 Å². The van der Waals surface area contributed by atoms with Crippen molar-refractivity contribution in [2.24, 2.45) is 10.6 Å². The van der Waals surface area contributed by atoms with Crippen LogP contribution in [0.15, 0.2) is 23.5 Å². The zero-order chi connectivity index (χ0) is 7.33. The van der Waals surface area contributed by atoms with Crippen LogP contribution in [0.2, 0.25) is 0 Å². The molecular weight excluding hydrogens is 114 g/mol. The van der Waals surface area contributed by atoms with Crippen molar-refractivity contribution >= 4 is 6.21 Å². The number of rotatable bonds is 2. The van der Waals surface area contributed by atoms with Gasteiger partial charge in [0.05, 0.1) is 6.21 Å². The lowest BCUT2D eigenvalue weighted by atomic mass is 9.96. The van der Waals surface area contributed by atoms with Gasteiger partial charge in [-0.3, -0.25) is 0 Å². The third-order valence-corrected chi connectivity index (χ3v) is 0.865. The van der Waals surface area contributed by atoms with E-state index in [9.17, 15) is 0 Å². The van der Waals surface area contributed by atoms with Gasteiger partial charge >= 0.3 is 0 Å². The van der Waals surface area contributed by atoms with Crippen molar-refractivity contribution in [2.45, 2.75) is 13.8 Å². The van der Waals surface area contributed by atoms with Crippen LogP contribution in [0.3, 0.4) is 0 Å². The summed E-state index contributed by atoms with van der Waals surface area (Å²) in [4.78, 5) is 0. The van der Waals surface area contributed by atoms with Crippen molar-refractivity contribution in [2.75, 3.05) is 0 Å². The molecule has 0 radical (unpaired) electrons. The monoisotopic (exact) mass is 125 g/mol. The highest BCUT2D eigenvalue weighted by atomic mass is 16.4. The van der Waals surface area contributed by atoms with Crippen LogP contribution in [-0.4, -0.2) is 11.4 Å². The predicted octanol–water partition coefficient (Wildman–Crippen LogP) is 1.81. The lowest BCUT2D eigenvalue weighted by molar-refractivity contribution is 0.317. The highest BCUT2D eigenvalue weighted by molar-refractivity contribution is 5.66. The quantitative estimate of drug-likeness (QED) is 0.259. The summed E-state index contributed by atoms with van der Waals surface area (Å²) in [6, 6.07) is 0. The molecule has 0 heterocycles. The molecule has 0 fully saturated rings. The molecule has 50 valence electrons. The summed E-state index contributed by atoms with van der Waals surface area (Å²) in [6.45, 7) is 7.19. The fourth-order valence-corrected chi connectivity index (χ4v) is 0.449. The van der Waals surface area contributed by atoms with Gasteiger partial charge < -0.3 is 5.21 Å². The van der Waals surface area contributed by atoms with Crippen molar-refractivity contribution in [3.05, 3.63) is 18.4 Å². The molecule has 0 aromatic rings. The maximum atomic E-state index is 8.13. The van der Waals surface area contributed by atoms with E-state index in [1.54, 1.807) is 6.08 Å². The minimum absolute atomic E-state index is 0.240. The fourth-order valence-electron chi connectivity index (χ4n) is 0.449. The summed E-state index contributed by atoms with van der Waals surface area (Å²) >= 11 is 0. The minimum Gasteiger partial charge on any atom is -0.411 e. The SMILES string of the molecule is C=C=CC(C)(C)/C=N/O. The summed E-state index contributed by atoms with van der Waals surface area (Å²) in [5.74, 6) is 0. The van der Waals surface area contributed by atoms with E-state index in [1.165, 1.54) is 6.21 Å². The number of nitrogens with zero attached hydrogens (tertiary/aromatic N) is 1. The Morgan fingerprint density at radius 2 is 2.22 bits per heavy atom. The molecule has 0 aromatic heterocycles. The molecule has 0 saturated heterocycles. The largest absolute Gasteiger partial charge is 0.411 e. The van der Waals surface area contributed by atoms with E-state index in [4.69, 9.17) is 5.21 Å². The molecule has 0 amide bonds. The molecule has 0 aliphatic rings. The van der Waals surface area contributed by atoms with Crippen LogP contribution >= 0.6 is 0 Å². The highest BCUT2D eigenvalue weighted by Crippen LogP contribution is 2.11. The molecule has 0 bridgehead atoms. The second-order valence-corrected chi connectivity index (χ2v) is 2.41. The number of allylic oxidation sites excluding steroid dienone is 1. The normalized spacial score (nSPS) is 11.3. The second-order valence-electron chi connectivity index (χ2n) is 2.41. The van der Waals surface area contributed by atoms with Gasteiger partial charge in [-0.1, -0.05) is 20.4 Å². The molecule has 1 N–H and O–H groups in total. The van der Waals surface area contributed by atoms with Gasteiger partial charge in [0.25, 0.3) is 0 Å². The fraction of sp³-hybridized carbons (Fsp3) is 0.429. The summed E-state index contributed by atoms with van der Waals surface area (Å²) in [5.41, 5.74) is 2.38. The Hall–Kier alpha value is -1.01. The average Bonchev–Trinajstić information content (AvgIpc) is 1.64. The molecule has 0 aliphatic heterocycles. The zero-order valence-electron chi connectivity index (χ0n) is 5.76. The first-order chi connectivity index (χ1) is 4.12. The highest BCUT2D eigenvalue weighted by Gasteiger charge is 2.08. The van der Waals surface area contributed by atoms with Gasteiger partial charge in [-0.25, -0.2) is 0 Å². The van der Waals surface area contributed by atoms with E-state index in [2.05, 4.69) is 17.5 Å². The number of hydrogen-bond donors (Lipinski definition) is 1. The third kappa shape index (κ3) is 3.56. The molecule has 0 unspecified atom stereocenters. The standard InChI is InChI=1S/C7H11NO/c1-4-5-7(2,3)6-8-9/h5-6,9H,1H2,2-3H3/b8-6+. The van der Waals surface area contributed by atoms with Crippen LogP contribution in [0, 0.1) is 5.41 Å². The smallest absolute Gasteiger partial charge is 0.0536 e. The average molecular weight is 125 g/mol.